The fourth-order valence-electron chi connectivity index (χ4n) is 4.42. The minimum Gasteiger partial charge on any atom is -0.369 e. The van der Waals surface area contributed by atoms with E-state index in [9.17, 15) is 49.8 Å². The number of aliphatic hydroxyl groups is 1. The molecule has 1 aliphatic rings. The Morgan fingerprint density at radius 2 is 1.83 bits per heavy atom. The lowest BCUT2D eigenvalue weighted by molar-refractivity contribution is -0.145. The Kier molecular flexibility index (Phi) is 8.24. The molecular formula is C23H22F8N6O4. The van der Waals surface area contributed by atoms with E-state index < -0.39 is 85.2 Å². The first kappa shape index (κ1) is 30.1. The number of halogens is 8. The lowest BCUT2D eigenvalue weighted by Gasteiger charge is -2.33. The number of aliphatic hydroxyl groups excluding tert-OH is 1. The number of nitrogens with zero attached hydrogens (tertiary/aromatic N) is 4. The van der Waals surface area contributed by atoms with E-state index in [1.165, 1.54) is 12.3 Å². The van der Waals surface area contributed by atoms with Gasteiger partial charge in [-0.2, -0.15) is 31.4 Å². The van der Waals surface area contributed by atoms with Gasteiger partial charge in [0.05, 0.1) is 30.6 Å². The summed E-state index contributed by atoms with van der Waals surface area (Å²) in [6, 6.07) is 0.0765. The summed E-state index contributed by atoms with van der Waals surface area (Å²) in [6.07, 6.45) is -12.0. The molecule has 3 aromatic rings. The number of imidazole rings is 1. The molecule has 1 aliphatic carbocycles. The van der Waals surface area contributed by atoms with Crippen molar-refractivity contribution in [2.75, 3.05) is 0 Å². The van der Waals surface area contributed by atoms with E-state index in [-0.39, 0.29) is 29.7 Å². The van der Waals surface area contributed by atoms with Crippen molar-refractivity contribution in [2.45, 2.75) is 69.1 Å². The van der Waals surface area contributed by atoms with Gasteiger partial charge in [0.15, 0.2) is 17.6 Å². The van der Waals surface area contributed by atoms with Gasteiger partial charge >= 0.3 is 12.4 Å². The van der Waals surface area contributed by atoms with Gasteiger partial charge in [-0.05, 0) is 24.8 Å². The van der Waals surface area contributed by atoms with Crippen LogP contribution in [0.25, 0.3) is 5.65 Å². The van der Waals surface area contributed by atoms with Crippen molar-refractivity contribution in [1.29, 1.82) is 0 Å². The monoisotopic (exact) mass is 598 g/mol. The first-order chi connectivity index (χ1) is 19.0. The number of carbonyl (C=O) groups excluding carboxylic acids is 2. The summed E-state index contributed by atoms with van der Waals surface area (Å²) in [5.74, 6) is -5.92. The Hall–Kier alpha value is -3.83. The fourth-order valence-corrected chi connectivity index (χ4v) is 4.42. The van der Waals surface area contributed by atoms with E-state index in [0.29, 0.717) is 6.26 Å². The van der Waals surface area contributed by atoms with Crippen molar-refractivity contribution in [3.05, 3.63) is 47.2 Å². The van der Waals surface area contributed by atoms with Crippen LogP contribution in [0.15, 0.2) is 29.2 Å². The maximum absolute atomic E-state index is 13.8. The Morgan fingerprint density at radius 1 is 1.15 bits per heavy atom. The summed E-state index contributed by atoms with van der Waals surface area (Å²) in [4.78, 5) is 28.9. The molecule has 2 amide bonds. The second-order valence-electron chi connectivity index (χ2n) is 9.56. The van der Waals surface area contributed by atoms with Crippen LogP contribution in [0.4, 0.5) is 35.1 Å². The van der Waals surface area contributed by atoms with Gasteiger partial charge in [0.25, 0.3) is 5.91 Å². The van der Waals surface area contributed by atoms with Crippen molar-refractivity contribution in [1.82, 2.24) is 30.4 Å². The molecule has 18 heteroatoms. The number of fused-ring (bicyclic) bond motifs is 1. The van der Waals surface area contributed by atoms with Crippen molar-refractivity contribution < 1.29 is 54.3 Å². The third-order valence-corrected chi connectivity index (χ3v) is 6.53. The maximum Gasteiger partial charge on any atom is 0.437 e. The Bertz CT molecular complexity index is 1390. The lowest BCUT2D eigenvalue weighted by atomic mass is 9.81. The number of hydrogen-bond acceptors (Lipinski definition) is 7. The Morgan fingerprint density at radius 3 is 2.46 bits per heavy atom. The topological polar surface area (TPSA) is 135 Å². The van der Waals surface area contributed by atoms with E-state index in [2.05, 4.69) is 25.1 Å². The molecule has 1 saturated carbocycles. The first-order valence-electron chi connectivity index (χ1n) is 12.1. The summed E-state index contributed by atoms with van der Waals surface area (Å²) in [6.45, 7) is 0. The molecule has 0 saturated heterocycles. The molecule has 0 aromatic carbocycles. The number of alkyl halides is 8. The standard InChI is InChI=1S/C23H22F8N6O4/c24-21(25)4-1-11(2-5-21)17(35-20(40)13-10-41-36-18(13)23(29,30)31)14-9-37-15(33-14)7-12(8-32-37)19(39)34-16(38)3-6-22(26,27)28/h7-11,17,19,39H,1-6H2,(H,34,38)(H,35,40)/t17-,19+/m0/s1. The second kappa shape index (κ2) is 11.2. The highest BCUT2D eigenvalue weighted by molar-refractivity contribution is 5.95. The molecule has 0 aliphatic heterocycles. The quantitative estimate of drug-likeness (QED) is 0.257. The highest BCUT2D eigenvalue weighted by atomic mass is 19.4. The van der Waals surface area contributed by atoms with Gasteiger partial charge in [0.2, 0.25) is 11.8 Å². The van der Waals surface area contributed by atoms with Gasteiger partial charge in [-0.3, -0.25) is 9.59 Å². The lowest BCUT2D eigenvalue weighted by Crippen LogP contribution is -2.37. The van der Waals surface area contributed by atoms with Crippen LogP contribution >= 0.6 is 0 Å². The summed E-state index contributed by atoms with van der Waals surface area (Å²) in [7, 11) is 0. The average Bonchev–Trinajstić information content (AvgIpc) is 3.53. The maximum atomic E-state index is 13.8. The number of nitrogens with one attached hydrogen (secondary N) is 2. The van der Waals surface area contributed by atoms with Crippen LogP contribution in [0.2, 0.25) is 0 Å². The zero-order chi connectivity index (χ0) is 30.2. The molecule has 2 atom stereocenters. The third kappa shape index (κ3) is 7.47. The number of hydrogen-bond donors (Lipinski definition) is 3. The van der Waals surface area contributed by atoms with Gasteiger partial charge in [0.1, 0.15) is 11.8 Å². The molecule has 0 spiro atoms. The zero-order valence-electron chi connectivity index (χ0n) is 20.8. The van der Waals surface area contributed by atoms with Crippen molar-refractivity contribution in [3.8, 4) is 0 Å². The molecule has 3 heterocycles. The van der Waals surface area contributed by atoms with Gasteiger partial charge in [0, 0.05) is 24.8 Å². The Balaban J connectivity index is 1.58. The van der Waals surface area contributed by atoms with Crippen molar-refractivity contribution in [3.63, 3.8) is 0 Å². The van der Waals surface area contributed by atoms with Crippen LogP contribution in [0.3, 0.4) is 0 Å². The van der Waals surface area contributed by atoms with Gasteiger partial charge < -0.3 is 20.3 Å². The molecule has 3 aromatic heterocycles. The van der Waals surface area contributed by atoms with Crippen molar-refractivity contribution >= 4 is 17.5 Å². The minimum absolute atomic E-state index is 0.0161. The zero-order valence-corrected chi connectivity index (χ0v) is 20.8. The van der Waals surface area contributed by atoms with Crippen LogP contribution in [-0.2, 0) is 11.0 Å². The van der Waals surface area contributed by atoms with Gasteiger partial charge in [-0.25, -0.2) is 18.3 Å². The summed E-state index contributed by atoms with van der Waals surface area (Å²) in [5, 5.41) is 21.5. The predicted molar refractivity (Wildman–Crippen MR) is 120 cm³/mol. The SMILES string of the molecule is O=C(CCC(F)(F)F)N[C@H](O)c1cnn2cc([C@@H](NC(=O)c3conc3C(F)(F)F)C3CCC(F)(F)CC3)nc2c1. The Labute approximate surface area is 225 Å². The largest absolute Gasteiger partial charge is 0.437 e. The van der Waals surface area contributed by atoms with Crippen LogP contribution in [0.1, 0.15) is 78.1 Å². The smallest absolute Gasteiger partial charge is 0.369 e. The molecular weight excluding hydrogens is 576 g/mol. The number of aromatic nitrogens is 4. The summed E-state index contributed by atoms with van der Waals surface area (Å²) >= 11 is 0. The molecule has 0 unspecified atom stereocenters. The van der Waals surface area contributed by atoms with Gasteiger partial charge in [-0.1, -0.05) is 5.16 Å². The molecule has 4 rings (SSSR count). The number of rotatable bonds is 8. The molecule has 3 N–H and O–H groups in total. The van der Waals surface area contributed by atoms with Crippen LogP contribution in [0.5, 0.6) is 0 Å². The molecule has 41 heavy (non-hydrogen) atoms. The number of amides is 2. The van der Waals surface area contributed by atoms with E-state index >= 15 is 0 Å². The normalized spacial score (nSPS) is 17.8. The van der Waals surface area contributed by atoms with Crippen molar-refractivity contribution in [2.24, 2.45) is 5.92 Å². The molecule has 1 fully saturated rings. The van der Waals surface area contributed by atoms with E-state index in [1.54, 1.807) is 0 Å². The van der Waals surface area contributed by atoms with E-state index in [0.717, 1.165) is 10.7 Å². The first-order valence-corrected chi connectivity index (χ1v) is 12.1. The van der Waals surface area contributed by atoms with Crippen LogP contribution in [0, 0.1) is 5.92 Å². The highest BCUT2D eigenvalue weighted by Gasteiger charge is 2.42. The molecule has 0 bridgehead atoms. The number of carbonyl (C=O) groups is 2. The molecule has 0 radical (unpaired) electrons. The highest BCUT2D eigenvalue weighted by Crippen LogP contribution is 2.41. The summed E-state index contributed by atoms with van der Waals surface area (Å²) < 4.78 is 110. The molecule has 10 nitrogen and oxygen atoms in total. The van der Waals surface area contributed by atoms with Gasteiger partial charge in [-0.15, -0.1) is 0 Å². The van der Waals surface area contributed by atoms with Crippen LogP contribution in [-0.4, -0.2) is 48.8 Å². The third-order valence-electron chi connectivity index (χ3n) is 6.53. The predicted octanol–water partition coefficient (Wildman–Crippen LogP) is 4.48. The average molecular weight is 598 g/mol. The molecule has 224 valence electrons. The summed E-state index contributed by atoms with van der Waals surface area (Å²) in [5.41, 5.74) is -2.49. The second-order valence-corrected chi connectivity index (χ2v) is 9.56. The van der Waals surface area contributed by atoms with Crippen LogP contribution < -0.4 is 10.6 Å². The fraction of sp³-hybridized carbons (Fsp3) is 0.522. The minimum atomic E-state index is -5.01. The van der Waals surface area contributed by atoms with E-state index in [1.807, 2.05) is 5.32 Å². The van der Waals surface area contributed by atoms with E-state index in [4.69, 9.17) is 0 Å².